The third-order valence-electron chi connectivity index (χ3n) is 2.84. The normalized spacial score (nSPS) is 28.5. The topological polar surface area (TPSA) is 58.6 Å². The Kier molecular flexibility index (Phi) is 2.81. The molecule has 1 amide bonds. The van der Waals surface area contributed by atoms with Crippen LogP contribution < -0.4 is 5.32 Å². The minimum absolute atomic E-state index is 0.252. The number of hydrogen-bond acceptors (Lipinski definition) is 3. The molecule has 0 aromatic heterocycles. The summed E-state index contributed by atoms with van der Waals surface area (Å²) < 4.78 is 4.91. The zero-order valence-electron chi connectivity index (χ0n) is 8.33. The minimum Gasteiger partial charge on any atom is -0.444 e. The van der Waals surface area contributed by atoms with Crippen LogP contribution in [-0.4, -0.2) is 28.9 Å². The number of alkyl carbamates (subject to hydrolysis) is 1. The van der Waals surface area contributed by atoms with Gasteiger partial charge in [0.05, 0.1) is 11.6 Å². The molecule has 0 bridgehead atoms. The molecule has 0 saturated carbocycles. The van der Waals surface area contributed by atoms with Gasteiger partial charge in [-0.1, -0.05) is 13.8 Å². The molecule has 0 aromatic rings. The maximum atomic E-state index is 10.9. The molecule has 4 nitrogen and oxygen atoms in total. The number of cyclic esters (lactones) is 1. The molecule has 4 heteroatoms. The molecule has 1 rings (SSSR count). The van der Waals surface area contributed by atoms with Gasteiger partial charge in [-0.05, 0) is 19.8 Å². The van der Waals surface area contributed by atoms with Gasteiger partial charge in [0.2, 0.25) is 0 Å². The SMILES string of the molecule is CCC(O)(CC)C1NC(=O)OC1C. The van der Waals surface area contributed by atoms with Crippen molar-refractivity contribution in [3.63, 3.8) is 0 Å². The molecule has 1 fully saturated rings. The van der Waals surface area contributed by atoms with Crippen molar-refractivity contribution in [1.82, 2.24) is 5.32 Å². The Bertz CT molecular complexity index is 201. The Labute approximate surface area is 78.3 Å². The van der Waals surface area contributed by atoms with Crippen molar-refractivity contribution in [2.24, 2.45) is 0 Å². The van der Waals surface area contributed by atoms with Crippen LogP contribution in [0.25, 0.3) is 0 Å². The van der Waals surface area contributed by atoms with Gasteiger partial charge in [-0.3, -0.25) is 0 Å². The van der Waals surface area contributed by atoms with Crippen LogP contribution in [-0.2, 0) is 4.74 Å². The highest BCUT2D eigenvalue weighted by molar-refractivity contribution is 5.70. The van der Waals surface area contributed by atoms with Crippen LogP contribution in [0.5, 0.6) is 0 Å². The van der Waals surface area contributed by atoms with Crippen LogP contribution in [0.4, 0.5) is 4.79 Å². The van der Waals surface area contributed by atoms with E-state index in [4.69, 9.17) is 4.74 Å². The van der Waals surface area contributed by atoms with E-state index in [0.717, 1.165) is 0 Å². The number of carbonyl (C=O) groups excluding carboxylic acids is 1. The van der Waals surface area contributed by atoms with Gasteiger partial charge < -0.3 is 15.2 Å². The van der Waals surface area contributed by atoms with Gasteiger partial charge in [0.25, 0.3) is 0 Å². The molecule has 1 heterocycles. The molecule has 0 radical (unpaired) electrons. The minimum atomic E-state index is -0.842. The van der Waals surface area contributed by atoms with Crippen molar-refractivity contribution in [2.45, 2.75) is 51.4 Å². The molecule has 2 N–H and O–H groups in total. The van der Waals surface area contributed by atoms with E-state index in [1.165, 1.54) is 0 Å². The van der Waals surface area contributed by atoms with Gasteiger partial charge in [-0.25, -0.2) is 4.79 Å². The second-order valence-electron chi connectivity index (χ2n) is 3.54. The van der Waals surface area contributed by atoms with Crippen LogP contribution >= 0.6 is 0 Å². The van der Waals surface area contributed by atoms with E-state index in [1.807, 2.05) is 13.8 Å². The van der Waals surface area contributed by atoms with E-state index in [-0.39, 0.29) is 12.1 Å². The summed E-state index contributed by atoms with van der Waals surface area (Å²) in [6.45, 7) is 5.60. The molecule has 2 atom stereocenters. The summed E-state index contributed by atoms with van der Waals surface area (Å²) in [5.41, 5.74) is -0.842. The van der Waals surface area contributed by atoms with Gasteiger partial charge in [0.1, 0.15) is 6.10 Å². The van der Waals surface area contributed by atoms with Crippen molar-refractivity contribution in [2.75, 3.05) is 0 Å². The third kappa shape index (κ3) is 1.77. The van der Waals surface area contributed by atoms with Gasteiger partial charge in [0.15, 0.2) is 0 Å². The first kappa shape index (κ1) is 10.3. The fraction of sp³-hybridized carbons (Fsp3) is 0.889. The molecule has 0 spiro atoms. The van der Waals surface area contributed by atoms with Crippen LogP contribution in [0.1, 0.15) is 33.6 Å². The van der Waals surface area contributed by atoms with E-state index in [2.05, 4.69) is 5.32 Å². The van der Waals surface area contributed by atoms with Crippen molar-refractivity contribution < 1.29 is 14.6 Å². The summed E-state index contributed by atoms with van der Waals surface area (Å²) in [6, 6.07) is -0.282. The molecule has 13 heavy (non-hydrogen) atoms. The molecule has 1 aliphatic heterocycles. The summed E-state index contributed by atoms with van der Waals surface area (Å²) in [5.74, 6) is 0. The molecule has 1 aliphatic rings. The zero-order valence-corrected chi connectivity index (χ0v) is 8.33. The quantitative estimate of drug-likeness (QED) is 0.694. The Hall–Kier alpha value is -0.770. The highest BCUT2D eigenvalue weighted by Crippen LogP contribution is 2.26. The van der Waals surface area contributed by atoms with Crippen LogP contribution in [0, 0.1) is 0 Å². The first-order chi connectivity index (χ1) is 6.03. The lowest BCUT2D eigenvalue weighted by molar-refractivity contribution is -0.0195. The van der Waals surface area contributed by atoms with Gasteiger partial charge in [0, 0.05) is 0 Å². The summed E-state index contributed by atoms with van der Waals surface area (Å²) in [5, 5.41) is 12.8. The lowest BCUT2D eigenvalue weighted by Gasteiger charge is -2.32. The Morgan fingerprint density at radius 3 is 2.38 bits per heavy atom. The second kappa shape index (κ2) is 3.54. The number of aliphatic hydroxyl groups is 1. The van der Waals surface area contributed by atoms with E-state index in [1.54, 1.807) is 6.92 Å². The standard InChI is InChI=1S/C9H17NO3/c1-4-9(12,5-2)7-6(3)13-8(11)10-7/h6-7,12H,4-5H2,1-3H3,(H,10,11). The number of rotatable bonds is 3. The summed E-state index contributed by atoms with van der Waals surface area (Å²) in [6.07, 6.45) is 0.542. The monoisotopic (exact) mass is 187 g/mol. The van der Waals surface area contributed by atoms with Gasteiger partial charge >= 0.3 is 6.09 Å². The van der Waals surface area contributed by atoms with Crippen molar-refractivity contribution in [1.29, 1.82) is 0 Å². The maximum Gasteiger partial charge on any atom is 0.407 e. The molecule has 0 aliphatic carbocycles. The van der Waals surface area contributed by atoms with E-state index in [0.29, 0.717) is 12.8 Å². The van der Waals surface area contributed by atoms with E-state index < -0.39 is 11.7 Å². The Morgan fingerprint density at radius 2 is 2.08 bits per heavy atom. The average Bonchev–Trinajstić information content (AvgIpc) is 2.44. The van der Waals surface area contributed by atoms with Gasteiger partial charge in [-0.2, -0.15) is 0 Å². The highest BCUT2D eigenvalue weighted by atomic mass is 16.6. The first-order valence-corrected chi connectivity index (χ1v) is 4.73. The molecule has 1 saturated heterocycles. The predicted octanol–water partition coefficient (Wildman–Crippen LogP) is 1.03. The van der Waals surface area contributed by atoms with Crippen molar-refractivity contribution in [3.8, 4) is 0 Å². The Morgan fingerprint density at radius 1 is 1.54 bits per heavy atom. The average molecular weight is 187 g/mol. The van der Waals surface area contributed by atoms with Crippen LogP contribution in [0.2, 0.25) is 0 Å². The number of carbonyl (C=O) groups is 1. The summed E-state index contributed by atoms with van der Waals surface area (Å²) in [7, 11) is 0. The number of ether oxygens (including phenoxy) is 1. The largest absolute Gasteiger partial charge is 0.444 e. The predicted molar refractivity (Wildman–Crippen MR) is 48.4 cm³/mol. The fourth-order valence-corrected chi connectivity index (χ4v) is 1.78. The van der Waals surface area contributed by atoms with Crippen molar-refractivity contribution >= 4 is 6.09 Å². The molecular weight excluding hydrogens is 170 g/mol. The molecular formula is C9H17NO3. The number of amides is 1. The summed E-state index contributed by atoms with van der Waals surface area (Å²) >= 11 is 0. The highest BCUT2D eigenvalue weighted by Gasteiger charge is 2.44. The third-order valence-corrected chi connectivity index (χ3v) is 2.84. The molecule has 2 unspecified atom stereocenters. The van der Waals surface area contributed by atoms with Crippen LogP contribution in [0.3, 0.4) is 0 Å². The van der Waals surface area contributed by atoms with Gasteiger partial charge in [-0.15, -0.1) is 0 Å². The summed E-state index contributed by atoms with van der Waals surface area (Å²) in [4.78, 5) is 10.9. The van der Waals surface area contributed by atoms with E-state index in [9.17, 15) is 9.90 Å². The van der Waals surface area contributed by atoms with Crippen LogP contribution in [0.15, 0.2) is 0 Å². The lowest BCUT2D eigenvalue weighted by atomic mass is 9.86. The number of nitrogens with one attached hydrogen (secondary N) is 1. The maximum absolute atomic E-state index is 10.9. The Balaban J connectivity index is 2.75. The lowest BCUT2D eigenvalue weighted by Crippen LogP contribution is -2.51. The second-order valence-corrected chi connectivity index (χ2v) is 3.54. The van der Waals surface area contributed by atoms with Crippen molar-refractivity contribution in [3.05, 3.63) is 0 Å². The smallest absolute Gasteiger partial charge is 0.407 e. The fourth-order valence-electron chi connectivity index (χ4n) is 1.78. The zero-order chi connectivity index (χ0) is 10.1. The number of hydrogen-bond donors (Lipinski definition) is 2. The first-order valence-electron chi connectivity index (χ1n) is 4.73. The van der Waals surface area contributed by atoms with E-state index >= 15 is 0 Å². The molecule has 76 valence electrons. The molecule has 0 aromatic carbocycles.